The van der Waals surface area contributed by atoms with Crippen LogP contribution in [0.1, 0.15) is 22.3 Å². The number of benzene rings is 3. The van der Waals surface area contributed by atoms with E-state index in [1.54, 1.807) is 31.2 Å². The first-order valence-electron chi connectivity index (χ1n) is 11.0. The number of hydrogen-bond donors (Lipinski definition) is 1. The summed E-state index contributed by atoms with van der Waals surface area (Å²) in [6.45, 7) is 2.24. The predicted molar refractivity (Wildman–Crippen MR) is 132 cm³/mol. The molecule has 1 aromatic heterocycles. The molecule has 0 aliphatic carbocycles. The number of imide groups is 2. The Morgan fingerprint density at radius 1 is 0.943 bits per heavy atom. The number of aryl methyl sites for hydroxylation is 1. The fourth-order valence-corrected chi connectivity index (χ4v) is 4.32. The van der Waals surface area contributed by atoms with E-state index < -0.39 is 17.8 Å². The van der Waals surface area contributed by atoms with Gasteiger partial charge < -0.3 is 4.57 Å². The number of anilines is 1. The maximum atomic E-state index is 13.4. The van der Waals surface area contributed by atoms with Crippen LogP contribution in [-0.2, 0) is 16.1 Å². The van der Waals surface area contributed by atoms with E-state index in [2.05, 4.69) is 11.4 Å². The highest BCUT2D eigenvalue weighted by atomic mass is 16.2. The van der Waals surface area contributed by atoms with Gasteiger partial charge in [0.15, 0.2) is 0 Å². The van der Waals surface area contributed by atoms with Crippen LogP contribution in [0.3, 0.4) is 0 Å². The lowest BCUT2D eigenvalue weighted by molar-refractivity contribution is -0.122. The molecule has 2 heterocycles. The summed E-state index contributed by atoms with van der Waals surface area (Å²) in [4.78, 5) is 39.6. The Hall–Kier alpha value is -4.96. The largest absolute Gasteiger partial charge is 0.342 e. The van der Waals surface area contributed by atoms with Crippen LogP contribution in [0.4, 0.5) is 10.5 Å². The first-order chi connectivity index (χ1) is 17.0. The minimum Gasteiger partial charge on any atom is -0.342 e. The Morgan fingerprint density at radius 3 is 2.46 bits per heavy atom. The molecule has 3 aromatic carbocycles. The molecule has 5 rings (SSSR count). The molecular weight excluding hydrogens is 440 g/mol. The molecule has 0 spiro atoms. The molecule has 7 heteroatoms. The van der Waals surface area contributed by atoms with Crippen LogP contribution >= 0.6 is 0 Å². The van der Waals surface area contributed by atoms with E-state index in [1.807, 2.05) is 59.3 Å². The fourth-order valence-electron chi connectivity index (χ4n) is 4.32. The lowest BCUT2D eigenvalue weighted by Gasteiger charge is -2.27. The number of fused-ring (bicyclic) bond motifs is 1. The Bertz CT molecular complexity index is 1590. The second-order valence-corrected chi connectivity index (χ2v) is 8.24. The first-order valence-corrected chi connectivity index (χ1v) is 11.0. The van der Waals surface area contributed by atoms with Crippen molar-refractivity contribution >= 4 is 40.5 Å². The number of aromatic nitrogens is 1. The van der Waals surface area contributed by atoms with E-state index in [9.17, 15) is 19.6 Å². The number of urea groups is 1. The van der Waals surface area contributed by atoms with Gasteiger partial charge in [0.25, 0.3) is 11.8 Å². The van der Waals surface area contributed by atoms with Gasteiger partial charge in [-0.15, -0.1) is 0 Å². The van der Waals surface area contributed by atoms with Gasteiger partial charge in [-0.3, -0.25) is 14.9 Å². The van der Waals surface area contributed by atoms with E-state index in [0.717, 1.165) is 26.9 Å². The number of nitrogens with one attached hydrogen (secondary N) is 1. The molecule has 1 aliphatic heterocycles. The van der Waals surface area contributed by atoms with E-state index in [0.29, 0.717) is 23.4 Å². The molecule has 1 aliphatic rings. The zero-order valence-electron chi connectivity index (χ0n) is 18.9. The molecule has 0 unspecified atom stereocenters. The van der Waals surface area contributed by atoms with Gasteiger partial charge in [0.2, 0.25) is 0 Å². The second-order valence-electron chi connectivity index (χ2n) is 8.24. The van der Waals surface area contributed by atoms with Gasteiger partial charge in [0.05, 0.1) is 17.3 Å². The fraction of sp³-hybridized carbons (Fsp3) is 0.0714. The van der Waals surface area contributed by atoms with E-state index in [4.69, 9.17) is 0 Å². The number of barbiturate groups is 1. The summed E-state index contributed by atoms with van der Waals surface area (Å²) < 4.78 is 1.98. The molecule has 4 amide bonds. The summed E-state index contributed by atoms with van der Waals surface area (Å²) in [7, 11) is 0. The van der Waals surface area contributed by atoms with E-state index >= 15 is 0 Å². The molecule has 0 saturated carbocycles. The number of rotatable bonds is 4. The highest BCUT2D eigenvalue weighted by Gasteiger charge is 2.37. The number of amides is 4. The molecule has 35 heavy (non-hydrogen) atoms. The highest BCUT2D eigenvalue weighted by molar-refractivity contribution is 6.39. The normalized spacial score (nSPS) is 14.9. The van der Waals surface area contributed by atoms with Crippen molar-refractivity contribution in [2.75, 3.05) is 4.90 Å². The first kappa shape index (κ1) is 21.9. The molecule has 0 atom stereocenters. The molecule has 1 fully saturated rings. The molecule has 7 nitrogen and oxygen atoms in total. The third kappa shape index (κ3) is 3.87. The summed E-state index contributed by atoms with van der Waals surface area (Å²) in [5.74, 6) is -1.42. The number of hydrogen-bond acceptors (Lipinski definition) is 4. The average Bonchev–Trinajstić information content (AvgIpc) is 3.20. The van der Waals surface area contributed by atoms with Gasteiger partial charge in [0, 0.05) is 29.2 Å². The maximum absolute atomic E-state index is 13.4. The summed E-state index contributed by atoms with van der Waals surface area (Å²) >= 11 is 0. The summed E-state index contributed by atoms with van der Waals surface area (Å²) in [5, 5.41) is 12.6. The topological polar surface area (TPSA) is 95.2 Å². The van der Waals surface area contributed by atoms with E-state index in [1.165, 1.54) is 6.08 Å². The van der Waals surface area contributed by atoms with Gasteiger partial charge in [0.1, 0.15) is 5.57 Å². The Balaban J connectivity index is 1.59. The Kier molecular flexibility index (Phi) is 5.47. The van der Waals surface area contributed by atoms with Crippen LogP contribution in [0.5, 0.6) is 0 Å². The van der Waals surface area contributed by atoms with Crippen molar-refractivity contribution in [3.63, 3.8) is 0 Å². The Morgan fingerprint density at radius 2 is 1.66 bits per heavy atom. The number of nitrogens with zero attached hydrogens (tertiary/aromatic N) is 3. The highest BCUT2D eigenvalue weighted by Crippen LogP contribution is 2.28. The van der Waals surface area contributed by atoms with Crippen LogP contribution in [0, 0.1) is 18.3 Å². The number of nitriles is 1. The van der Waals surface area contributed by atoms with Crippen molar-refractivity contribution in [2.24, 2.45) is 0 Å². The van der Waals surface area contributed by atoms with Crippen LogP contribution < -0.4 is 10.2 Å². The lowest BCUT2D eigenvalue weighted by atomic mass is 10.1. The molecule has 1 saturated heterocycles. The summed E-state index contributed by atoms with van der Waals surface area (Å²) in [5.41, 5.74) is 4.02. The SMILES string of the molecule is Cc1ccccc1N1C(=O)NC(=O)/C(=C\c2cn(Cc3ccccc3C#N)c3ccccc23)C1=O. The number of para-hydroxylation sites is 2. The van der Waals surface area contributed by atoms with Gasteiger partial charge >= 0.3 is 6.03 Å². The van der Waals surface area contributed by atoms with E-state index in [-0.39, 0.29) is 5.57 Å². The molecule has 0 bridgehead atoms. The van der Waals surface area contributed by atoms with Crippen LogP contribution in [0.15, 0.2) is 84.6 Å². The van der Waals surface area contributed by atoms with Crippen LogP contribution in [0.2, 0.25) is 0 Å². The smallest absolute Gasteiger partial charge is 0.335 e. The van der Waals surface area contributed by atoms with Gasteiger partial charge in [-0.2, -0.15) is 5.26 Å². The monoisotopic (exact) mass is 460 g/mol. The van der Waals surface area contributed by atoms with Gasteiger partial charge in [-0.1, -0.05) is 54.6 Å². The van der Waals surface area contributed by atoms with Crippen molar-refractivity contribution in [3.05, 3.63) is 107 Å². The van der Waals surface area contributed by atoms with Crippen LogP contribution in [-0.4, -0.2) is 22.4 Å². The zero-order chi connectivity index (χ0) is 24.5. The van der Waals surface area contributed by atoms with Crippen molar-refractivity contribution < 1.29 is 14.4 Å². The maximum Gasteiger partial charge on any atom is 0.335 e. The third-order valence-corrected chi connectivity index (χ3v) is 6.06. The summed E-state index contributed by atoms with van der Waals surface area (Å²) in [6.07, 6.45) is 3.37. The molecule has 1 N–H and O–H groups in total. The van der Waals surface area contributed by atoms with Crippen molar-refractivity contribution in [3.8, 4) is 6.07 Å². The van der Waals surface area contributed by atoms with Gasteiger partial charge in [-0.05, 0) is 42.3 Å². The Labute approximate surface area is 201 Å². The quantitative estimate of drug-likeness (QED) is 0.357. The minimum atomic E-state index is -0.776. The minimum absolute atomic E-state index is 0.131. The second kappa shape index (κ2) is 8.76. The molecular formula is C28H20N4O3. The van der Waals surface area contributed by atoms with Gasteiger partial charge in [-0.25, -0.2) is 9.69 Å². The van der Waals surface area contributed by atoms with Crippen molar-refractivity contribution in [1.82, 2.24) is 9.88 Å². The standard InChI is InChI=1S/C28H20N4O3/c1-18-8-2-6-12-24(18)32-27(34)23(26(33)30-28(32)35)14-21-17-31(25-13-7-5-11-22(21)25)16-20-10-4-3-9-19(20)15-29/h2-14,17H,16H2,1H3,(H,30,33,35)/b23-14+. The van der Waals surface area contributed by atoms with Crippen molar-refractivity contribution in [2.45, 2.75) is 13.5 Å². The summed E-state index contributed by atoms with van der Waals surface area (Å²) in [6, 6.07) is 23.4. The van der Waals surface area contributed by atoms with Crippen molar-refractivity contribution in [1.29, 1.82) is 5.26 Å². The average molecular weight is 460 g/mol. The zero-order valence-corrected chi connectivity index (χ0v) is 18.9. The number of carbonyl (C=O) groups excluding carboxylic acids is 3. The lowest BCUT2D eigenvalue weighted by Crippen LogP contribution is -2.54. The molecule has 0 radical (unpaired) electrons. The van der Waals surface area contributed by atoms with Crippen LogP contribution in [0.25, 0.3) is 17.0 Å². The predicted octanol–water partition coefficient (Wildman–Crippen LogP) is 4.54. The third-order valence-electron chi connectivity index (χ3n) is 6.06. The number of carbonyl (C=O) groups is 3. The molecule has 170 valence electrons. The molecule has 4 aromatic rings.